The van der Waals surface area contributed by atoms with Crippen molar-refractivity contribution in [2.45, 2.75) is 12.5 Å². The first kappa shape index (κ1) is 12.2. The summed E-state index contributed by atoms with van der Waals surface area (Å²) < 4.78 is 6.70. The number of methoxy groups -OCH3 is 1. The lowest BCUT2D eigenvalue weighted by Gasteiger charge is -2.10. The van der Waals surface area contributed by atoms with Crippen molar-refractivity contribution < 1.29 is 9.53 Å². The molecule has 1 aliphatic heterocycles. The third kappa shape index (κ3) is 1.65. The molecule has 1 aliphatic rings. The minimum absolute atomic E-state index is 0.342. The molecule has 0 radical (unpaired) electrons. The Labute approximate surface area is 115 Å². The zero-order valence-corrected chi connectivity index (χ0v) is 11.5. The molecule has 1 N–H and O–H groups in total. The lowest BCUT2D eigenvalue weighted by atomic mass is 10.1. The van der Waals surface area contributed by atoms with Gasteiger partial charge in [0.2, 0.25) is 0 Å². The van der Waals surface area contributed by atoms with E-state index in [9.17, 15) is 14.4 Å². The molecule has 0 fully saturated rings. The van der Waals surface area contributed by atoms with Crippen LogP contribution in [-0.4, -0.2) is 22.6 Å². The monoisotopic (exact) mass is 324 g/mol. The van der Waals surface area contributed by atoms with Gasteiger partial charge in [-0.15, -0.1) is 0 Å². The van der Waals surface area contributed by atoms with Gasteiger partial charge in [-0.2, -0.15) is 0 Å². The molecule has 0 aliphatic carbocycles. The van der Waals surface area contributed by atoms with Gasteiger partial charge < -0.3 is 9.72 Å². The Hall–Kier alpha value is -1.89. The van der Waals surface area contributed by atoms with Crippen molar-refractivity contribution in [3.63, 3.8) is 0 Å². The van der Waals surface area contributed by atoms with Gasteiger partial charge >= 0.3 is 17.1 Å². The van der Waals surface area contributed by atoms with E-state index in [1.54, 1.807) is 6.07 Å². The number of esters is 1. The van der Waals surface area contributed by atoms with Crippen molar-refractivity contribution in [2.75, 3.05) is 7.11 Å². The predicted octanol–water partition coefficient (Wildman–Crippen LogP) is 0.722. The quantitative estimate of drug-likeness (QED) is 0.619. The highest BCUT2D eigenvalue weighted by Crippen LogP contribution is 2.32. The van der Waals surface area contributed by atoms with Gasteiger partial charge in [0.25, 0.3) is 0 Å². The fourth-order valence-electron chi connectivity index (χ4n) is 2.50. The molecular formula is C12H9BrN2O4. The fraction of sp³-hybridized carbons (Fsp3) is 0.250. The molecule has 2 heterocycles. The van der Waals surface area contributed by atoms with Crippen molar-refractivity contribution in [1.82, 2.24) is 9.55 Å². The van der Waals surface area contributed by atoms with Gasteiger partial charge in [0.15, 0.2) is 0 Å². The van der Waals surface area contributed by atoms with Crippen LogP contribution in [0.1, 0.15) is 11.6 Å². The third-order valence-electron chi connectivity index (χ3n) is 3.25. The molecule has 0 bridgehead atoms. The zero-order chi connectivity index (χ0) is 13.7. The molecule has 0 amide bonds. The number of benzene rings is 1. The zero-order valence-electron chi connectivity index (χ0n) is 9.90. The number of nitrogens with one attached hydrogen (secondary N) is 1. The van der Waals surface area contributed by atoms with Crippen LogP contribution >= 0.6 is 15.9 Å². The van der Waals surface area contributed by atoms with E-state index in [2.05, 4.69) is 20.9 Å². The summed E-state index contributed by atoms with van der Waals surface area (Å²) in [7, 11) is 1.26. The molecule has 19 heavy (non-hydrogen) atoms. The van der Waals surface area contributed by atoms with E-state index in [0.29, 0.717) is 17.5 Å². The largest absolute Gasteiger partial charge is 0.467 e. The van der Waals surface area contributed by atoms with Crippen LogP contribution in [0.2, 0.25) is 0 Å². The average Bonchev–Trinajstić information content (AvgIpc) is 2.74. The summed E-state index contributed by atoms with van der Waals surface area (Å²) in [6, 6.07) is 2.77. The minimum Gasteiger partial charge on any atom is -0.467 e. The Balaban J connectivity index is 2.44. The first-order chi connectivity index (χ1) is 9.02. The number of aromatic nitrogens is 2. The summed E-state index contributed by atoms with van der Waals surface area (Å²) in [6.07, 6.45) is 0.342. The first-order valence-electron chi connectivity index (χ1n) is 5.57. The Morgan fingerprint density at radius 2 is 2.21 bits per heavy atom. The van der Waals surface area contributed by atoms with Crippen molar-refractivity contribution in [1.29, 1.82) is 0 Å². The molecule has 3 rings (SSSR count). The van der Waals surface area contributed by atoms with Crippen LogP contribution in [-0.2, 0) is 16.0 Å². The summed E-state index contributed by atoms with van der Waals surface area (Å²) in [4.78, 5) is 37.9. The summed E-state index contributed by atoms with van der Waals surface area (Å²) >= 11 is 3.34. The first-order valence-corrected chi connectivity index (χ1v) is 6.37. The predicted molar refractivity (Wildman–Crippen MR) is 71.3 cm³/mol. The second-order valence-electron chi connectivity index (χ2n) is 4.33. The SMILES string of the molecule is COC(=O)C1Cc2cc(Br)cc3[nH]c(=O)c(=O)n1c23. The molecule has 0 spiro atoms. The van der Waals surface area contributed by atoms with E-state index in [1.807, 2.05) is 6.07 Å². The smallest absolute Gasteiger partial charge is 0.329 e. The van der Waals surface area contributed by atoms with Crippen molar-refractivity contribution in [3.05, 3.63) is 42.9 Å². The molecule has 0 saturated carbocycles. The van der Waals surface area contributed by atoms with E-state index >= 15 is 0 Å². The van der Waals surface area contributed by atoms with Crippen LogP contribution in [0.4, 0.5) is 0 Å². The molecule has 1 unspecified atom stereocenters. The number of H-pyrrole nitrogens is 1. The van der Waals surface area contributed by atoms with Gasteiger partial charge in [-0.1, -0.05) is 15.9 Å². The summed E-state index contributed by atoms with van der Waals surface area (Å²) in [5, 5.41) is 0. The number of carbonyl (C=O) groups excluding carboxylic acids is 1. The molecule has 1 aromatic carbocycles. The van der Waals surface area contributed by atoms with Gasteiger partial charge in [0.05, 0.1) is 18.1 Å². The standard InChI is InChI=1S/C12H9BrN2O4/c1-19-12(18)8-3-5-2-6(13)4-7-9(5)15(8)11(17)10(16)14-7/h2,4,8H,3H2,1H3,(H,14,16). The molecule has 0 saturated heterocycles. The Morgan fingerprint density at radius 3 is 2.89 bits per heavy atom. The molecule has 7 heteroatoms. The van der Waals surface area contributed by atoms with Crippen molar-refractivity contribution in [3.8, 4) is 0 Å². The Kier molecular flexibility index (Phi) is 2.60. The van der Waals surface area contributed by atoms with Gasteiger partial charge in [0, 0.05) is 10.9 Å². The number of carbonyl (C=O) groups is 1. The number of hydrogen-bond acceptors (Lipinski definition) is 4. The number of aromatic amines is 1. The van der Waals surface area contributed by atoms with Crippen molar-refractivity contribution >= 4 is 32.9 Å². The van der Waals surface area contributed by atoms with E-state index in [-0.39, 0.29) is 0 Å². The number of hydrogen-bond donors (Lipinski definition) is 1. The number of ether oxygens (including phenoxy) is 1. The topological polar surface area (TPSA) is 81.2 Å². The number of halogens is 1. The highest BCUT2D eigenvalue weighted by Gasteiger charge is 2.32. The summed E-state index contributed by atoms with van der Waals surface area (Å²) in [6.45, 7) is 0. The molecule has 6 nitrogen and oxygen atoms in total. The molecule has 98 valence electrons. The second-order valence-corrected chi connectivity index (χ2v) is 5.25. The Morgan fingerprint density at radius 1 is 1.47 bits per heavy atom. The Bertz CT molecular complexity index is 821. The summed E-state index contributed by atoms with van der Waals surface area (Å²) in [5.41, 5.74) is 0.466. The maximum absolute atomic E-state index is 12.0. The maximum atomic E-state index is 12.0. The van der Waals surface area contributed by atoms with Gasteiger partial charge in [0.1, 0.15) is 6.04 Å². The minimum atomic E-state index is -0.772. The molecule has 2 aromatic rings. The normalized spacial score (nSPS) is 16.8. The van der Waals surface area contributed by atoms with E-state index in [4.69, 9.17) is 4.74 Å². The lowest BCUT2D eigenvalue weighted by molar-refractivity contribution is -0.144. The lowest BCUT2D eigenvalue weighted by Crippen LogP contribution is -2.39. The van der Waals surface area contributed by atoms with Gasteiger partial charge in [-0.25, -0.2) is 4.79 Å². The van der Waals surface area contributed by atoms with Crippen LogP contribution in [0, 0.1) is 0 Å². The molecular weight excluding hydrogens is 316 g/mol. The second kappa shape index (κ2) is 4.06. The van der Waals surface area contributed by atoms with Crippen LogP contribution in [0.5, 0.6) is 0 Å². The maximum Gasteiger partial charge on any atom is 0.329 e. The molecule has 1 atom stereocenters. The van der Waals surface area contributed by atoms with Crippen LogP contribution in [0.15, 0.2) is 26.2 Å². The average molecular weight is 325 g/mol. The number of nitrogens with zero attached hydrogens (tertiary/aromatic N) is 1. The van der Waals surface area contributed by atoms with Gasteiger partial charge in [-0.05, 0) is 17.7 Å². The third-order valence-corrected chi connectivity index (χ3v) is 3.71. The van der Waals surface area contributed by atoms with Gasteiger partial charge in [-0.3, -0.25) is 14.2 Å². The van der Waals surface area contributed by atoms with Crippen LogP contribution < -0.4 is 11.1 Å². The fourth-order valence-corrected chi connectivity index (χ4v) is 3.00. The van der Waals surface area contributed by atoms with E-state index in [1.165, 1.54) is 11.7 Å². The van der Waals surface area contributed by atoms with Crippen LogP contribution in [0.3, 0.4) is 0 Å². The highest BCUT2D eigenvalue weighted by atomic mass is 79.9. The highest BCUT2D eigenvalue weighted by molar-refractivity contribution is 9.10. The number of rotatable bonds is 1. The van der Waals surface area contributed by atoms with E-state index < -0.39 is 23.1 Å². The summed E-state index contributed by atoms with van der Waals surface area (Å²) in [5.74, 6) is -0.527. The van der Waals surface area contributed by atoms with E-state index in [0.717, 1.165) is 10.0 Å². The van der Waals surface area contributed by atoms with Crippen molar-refractivity contribution in [2.24, 2.45) is 0 Å². The van der Waals surface area contributed by atoms with Crippen LogP contribution in [0.25, 0.3) is 11.0 Å². The molecule has 1 aromatic heterocycles.